The SMILES string of the molecule is CC(=O)c1ccc(C)cc1.Cc1ccc(C(=O)CC(=O)C(F)(F)F)cc1. The normalized spacial score (nSPS) is 10.5. The van der Waals surface area contributed by atoms with E-state index in [-0.39, 0.29) is 11.3 Å². The fourth-order valence-corrected chi connectivity index (χ4v) is 1.88. The van der Waals surface area contributed by atoms with Crippen LogP contribution < -0.4 is 0 Å². The number of carbonyl (C=O) groups excluding carboxylic acids is 3. The summed E-state index contributed by atoms with van der Waals surface area (Å²) < 4.78 is 35.7. The Labute approximate surface area is 149 Å². The predicted molar refractivity (Wildman–Crippen MR) is 92.4 cm³/mol. The highest BCUT2D eigenvalue weighted by atomic mass is 19.4. The van der Waals surface area contributed by atoms with Gasteiger partial charge in [0.1, 0.15) is 0 Å². The highest BCUT2D eigenvalue weighted by molar-refractivity contribution is 6.09. The third-order valence-corrected chi connectivity index (χ3v) is 3.47. The Bertz CT molecular complexity index is 773. The molecule has 26 heavy (non-hydrogen) atoms. The second kappa shape index (κ2) is 9.08. The van der Waals surface area contributed by atoms with E-state index in [0.717, 1.165) is 11.1 Å². The zero-order valence-corrected chi connectivity index (χ0v) is 14.7. The molecule has 6 heteroatoms. The number of rotatable bonds is 4. The highest BCUT2D eigenvalue weighted by Crippen LogP contribution is 2.19. The van der Waals surface area contributed by atoms with E-state index in [1.165, 1.54) is 17.7 Å². The van der Waals surface area contributed by atoms with Crippen molar-refractivity contribution in [1.82, 2.24) is 0 Å². The predicted octanol–water partition coefficient (Wildman–Crippen LogP) is 4.90. The van der Waals surface area contributed by atoms with Crippen molar-refractivity contribution in [3.8, 4) is 0 Å². The van der Waals surface area contributed by atoms with E-state index in [1.54, 1.807) is 26.0 Å². The van der Waals surface area contributed by atoms with E-state index in [0.29, 0.717) is 0 Å². The molecule has 0 bridgehead atoms. The summed E-state index contributed by atoms with van der Waals surface area (Å²) in [4.78, 5) is 32.6. The van der Waals surface area contributed by atoms with Crippen molar-refractivity contribution in [2.24, 2.45) is 0 Å². The fraction of sp³-hybridized carbons (Fsp3) is 0.250. The zero-order valence-electron chi connectivity index (χ0n) is 14.7. The molecule has 0 amide bonds. The van der Waals surface area contributed by atoms with Gasteiger partial charge >= 0.3 is 6.18 Å². The van der Waals surface area contributed by atoms with Gasteiger partial charge in [0.05, 0.1) is 6.42 Å². The first-order chi connectivity index (χ1) is 12.0. The minimum absolute atomic E-state index is 0.114. The lowest BCUT2D eigenvalue weighted by atomic mass is 10.0. The first kappa shape index (κ1) is 21.3. The molecule has 0 fully saturated rings. The van der Waals surface area contributed by atoms with Crippen LogP contribution in [0.5, 0.6) is 0 Å². The summed E-state index contributed by atoms with van der Waals surface area (Å²) in [6.45, 7) is 5.36. The molecule has 138 valence electrons. The summed E-state index contributed by atoms with van der Waals surface area (Å²) in [6.07, 6.45) is -6.08. The molecule has 0 heterocycles. The van der Waals surface area contributed by atoms with Crippen LogP contribution in [-0.4, -0.2) is 23.5 Å². The van der Waals surface area contributed by atoms with Crippen LogP contribution in [0.1, 0.15) is 45.2 Å². The standard InChI is InChI=1S/C11H9F3O2.C9H10O/c1-7-2-4-8(5-3-7)9(15)6-10(16)11(12,13)14;1-7-3-5-9(6-4-7)8(2)10/h2-5H,6H2,1H3;3-6H,1-2H3. The number of carbonyl (C=O) groups is 3. The van der Waals surface area contributed by atoms with E-state index >= 15 is 0 Å². The molecule has 0 aliphatic rings. The van der Waals surface area contributed by atoms with Crippen molar-refractivity contribution in [2.45, 2.75) is 33.4 Å². The van der Waals surface area contributed by atoms with Crippen molar-refractivity contribution in [1.29, 1.82) is 0 Å². The van der Waals surface area contributed by atoms with Crippen molar-refractivity contribution < 1.29 is 27.6 Å². The van der Waals surface area contributed by atoms with E-state index < -0.39 is 24.2 Å². The van der Waals surface area contributed by atoms with Crippen molar-refractivity contribution in [3.63, 3.8) is 0 Å². The van der Waals surface area contributed by atoms with Gasteiger partial charge in [-0.05, 0) is 20.8 Å². The summed E-state index contributed by atoms with van der Waals surface area (Å²) in [5.41, 5.74) is 2.97. The molecular formula is C20H19F3O3. The Morgan fingerprint density at radius 3 is 1.50 bits per heavy atom. The maximum Gasteiger partial charge on any atom is 0.450 e. The van der Waals surface area contributed by atoms with E-state index in [4.69, 9.17) is 0 Å². The van der Waals surface area contributed by atoms with Crippen molar-refractivity contribution in [3.05, 3.63) is 70.8 Å². The number of halogens is 3. The molecule has 0 aromatic heterocycles. The Morgan fingerprint density at radius 1 is 0.769 bits per heavy atom. The molecule has 0 aliphatic carbocycles. The Morgan fingerprint density at radius 2 is 1.15 bits per heavy atom. The number of Topliss-reactive ketones (excluding diaryl/α,β-unsaturated/α-hetero) is 3. The Balaban J connectivity index is 0.000000289. The monoisotopic (exact) mass is 364 g/mol. The van der Waals surface area contributed by atoms with E-state index in [2.05, 4.69) is 0 Å². The third kappa shape index (κ3) is 7.01. The van der Waals surface area contributed by atoms with E-state index in [9.17, 15) is 27.6 Å². The summed E-state index contributed by atoms with van der Waals surface area (Å²) in [5, 5.41) is 0. The van der Waals surface area contributed by atoms with Gasteiger partial charge in [-0.1, -0.05) is 59.7 Å². The Hall–Kier alpha value is -2.76. The number of ketones is 3. The van der Waals surface area contributed by atoms with Crippen LogP contribution in [0.25, 0.3) is 0 Å². The zero-order chi connectivity index (χ0) is 19.9. The summed E-state index contributed by atoms with van der Waals surface area (Å²) in [7, 11) is 0. The molecular weight excluding hydrogens is 345 g/mol. The molecule has 0 saturated heterocycles. The van der Waals surface area contributed by atoms with Crippen LogP contribution in [-0.2, 0) is 4.79 Å². The average Bonchev–Trinajstić information content (AvgIpc) is 2.55. The largest absolute Gasteiger partial charge is 0.450 e. The first-order valence-electron chi connectivity index (χ1n) is 7.78. The topological polar surface area (TPSA) is 51.2 Å². The smallest absolute Gasteiger partial charge is 0.295 e. The molecule has 0 unspecified atom stereocenters. The van der Waals surface area contributed by atoms with Gasteiger partial charge in [0.2, 0.25) is 5.78 Å². The van der Waals surface area contributed by atoms with Gasteiger partial charge in [-0.2, -0.15) is 13.2 Å². The average molecular weight is 364 g/mol. The molecule has 2 aromatic rings. The van der Waals surface area contributed by atoms with E-state index in [1.807, 2.05) is 31.2 Å². The maximum atomic E-state index is 11.9. The lowest BCUT2D eigenvalue weighted by Gasteiger charge is -2.04. The Kier molecular flexibility index (Phi) is 7.43. The summed E-state index contributed by atoms with van der Waals surface area (Å²) in [5.74, 6) is -2.71. The van der Waals surface area contributed by atoms with Crippen LogP contribution in [0.4, 0.5) is 13.2 Å². The van der Waals surface area contributed by atoms with Gasteiger partial charge in [0.15, 0.2) is 11.6 Å². The number of aryl methyl sites for hydroxylation is 2. The van der Waals surface area contributed by atoms with Crippen molar-refractivity contribution >= 4 is 17.3 Å². The minimum atomic E-state index is -4.94. The maximum absolute atomic E-state index is 11.9. The van der Waals surface area contributed by atoms with Gasteiger partial charge in [-0.15, -0.1) is 0 Å². The third-order valence-electron chi connectivity index (χ3n) is 3.47. The molecule has 0 saturated carbocycles. The number of hydrogen-bond donors (Lipinski definition) is 0. The summed E-state index contributed by atoms with van der Waals surface area (Å²) >= 11 is 0. The lowest BCUT2D eigenvalue weighted by molar-refractivity contribution is -0.170. The molecule has 0 atom stereocenters. The van der Waals surface area contributed by atoms with Gasteiger partial charge in [0.25, 0.3) is 0 Å². The molecule has 2 aromatic carbocycles. The minimum Gasteiger partial charge on any atom is -0.295 e. The molecule has 0 N–H and O–H groups in total. The van der Waals surface area contributed by atoms with Crippen molar-refractivity contribution in [2.75, 3.05) is 0 Å². The van der Waals surface area contributed by atoms with Crippen LogP contribution in [0.3, 0.4) is 0 Å². The van der Waals surface area contributed by atoms with Crippen LogP contribution in [0.2, 0.25) is 0 Å². The van der Waals surface area contributed by atoms with Crippen LogP contribution in [0, 0.1) is 13.8 Å². The van der Waals surface area contributed by atoms with Crippen LogP contribution >= 0.6 is 0 Å². The van der Waals surface area contributed by atoms with Gasteiger partial charge in [-0.25, -0.2) is 0 Å². The first-order valence-corrected chi connectivity index (χ1v) is 7.78. The number of benzene rings is 2. The van der Waals surface area contributed by atoms with Crippen LogP contribution in [0.15, 0.2) is 48.5 Å². The lowest BCUT2D eigenvalue weighted by Crippen LogP contribution is -2.25. The number of alkyl halides is 3. The molecule has 2 rings (SSSR count). The quantitative estimate of drug-likeness (QED) is 0.573. The second-order valence-electron chi connectivity index (χ2n) is 5.81. The summed E-state index contributed by atoms with van der Waals surface area (Å²) in [6, 6.07) is 13.6. The highest BCUT2D eigenvalue weighted by Gasteiger charge is 2.39. The van der Waals surface area contributed by atoms with Gasteiger partial charge in [0, 0.05) is 11.1 Å². The fourth-order valence-electron chi connectivity index (χ4n) is 1.88. The molecule has 3 nitrogen and oxygen atoms in total. The molecule has 0 spiro atoms. The second-order valence-corrected chi connectivity index (χ2v) is 5.81. The molecule has 0 aliphatic heterocycles. The van der Waals surface area contributed by atoms with Gasteiger partial charge in [-0.3, -0.25) is 14.4 Å². The van der Waals surface area contributed by atoms with Gasteiger partial charge < -0.3 is 0 Å². The number of hydrogen-bond acceptors (Lipinski definition) is 3. The molecule has 0 radical (unpaired) electrons.